The minimum absolute atomic E-state index is 0.0245. The summed E-state index contributed by atoms with van der Waals surface area (Å²) in [5, 5.41) is 2.83. The lowest BCUT2D eigenvalue weighted by Crippen LogP contribution is -2.47. The van der Waals surface area contributed by atoms with Crippen LogP contribution in [0.15, 0.2) is 24.4 Å². The third kappa shape index (κ3) is 4.47. The number of hydrogen-bond donors (Lipinski definition) is 1. The number of pyridine rings is 1. The van der Waals surface area contributed by atoms with Gasteiger partial charge in [-0.3, -0.25) is 4.79 Å². The quantitative estimate of drug-likeness (QED) is 0.881. The van der Waals surface area contributed by atoms with Gasteiger partial charge in [-0.1, -0.05) is 6.92 Å². The van der Waals surface area contributed by atoms with Crippen LogP contribution in [0.4, 0.5) is 11.6 Å². The number of hydrogen-bond acceptors (Lipinski definition) is 6. The van der Waals surface area contributed by atoms with Crippen molar-refractivity contribution in [1.29, 1.82) is 0 Å². The average Bonchev–Trinajstić information content (AvgIpc) is 2.66. The first-order chi connectivity index (χ1) is 12.5. The molecular formula is C19H26N6O. The number of amides is 1. The second kappa shape index (κ2) is 8.12. The molecule has 138 valence electrons. The summed E-state index contributed by atoms with van der Waals surface area (Å²) in [7, 11) is 0. The Hall–Kier alpha value is -2.70. The van der Waals surface area contributed by atoms with Crippen molar-refractivity contribution in [2.75, 3.05) is 36.0 Å². The van der Waals surface area contributed by atoms with Gasteiger partial charge in [-0.05, 0) is 31.0 Å². The zero-order valence-electron chi connectivity index (χ0n) is 15.7. The van der Waals surface area contributed by atoms with Crippen LogP contribution < -0.4 is 15.1 Å². The van der Waals surface area contributed by atoms with Gasteiger partial charge in [-0.15, -0.1) is 0 Å². The molecule has 7 nitrogen and oxygen atoms in total. The number of rotatable bonds is 5. The van der Waals surface area contributed by atoms with Gasteiger partial charge in [0.05, 0.1) is 0 Å². The van der Waals surface area contributed by atoms with E-state index in [4.69, 9.17) is 0 Å². The second-order valence-corrected chi connectivity index (χ2v) is 6.52. The largest absolute Gasteiger partial charge is 0.353 e. The summed E-state index contributed by atoms with van der Waals surface area (Å²) in [5.74, 6) is 2.78. The highest BCUT2D eigenvalue weighted by atomic mass is 16.1. The van der Waals surface area contributed by atoms with Crippen LogP contribution in [0.25, 0.3) is 0 Å². The molecule has 0 aliphatic carbocycles. The molecule has 0 unspecified atom stereocenters. The number of carbonyl (C=O) groups is 1. The molecule has 1 N–H and O–H groups in total. The molecule has 1 fully saturated rings. The summed E-state index contributed by atoms with van der Waals surface area (Å²) in [6.45, 7) is 9.70. The molecule has 1 saturated heterocycles. The van der Waals surface area contributed by atoms with Crippen molar-refractivity contribution in [3.05, 3.63) is 41.5 Å². The van der Waals surface area contributed by atoms with Gasteiger partial charge in [0.1, 0.15) is 17.5 Å². The Kier molecular flexibility index (Phi) is 5.65. The molecule has 1 amide bonds. The Morgan fingerprint density at radius 3 is 2.46 bits per heavy atom. The lowest BCUT2D eigenvalue weighted by atomic mass is 10.2. The number of anilines is 2. The van der Waals surface area contributed by atoms with Crippen molar-refractivity contribution in [3.8, 4) is 0 Å². The first kappa shape index (κ1) is 18.1. The SMILES string of the molecule is CCc1cc(N2CCN(c3cc(CNC(C)=O)ccn3)CC2)nc(C)n1. The number of carbonyl (C=O) groups excluding carboxylic acids is 1. The molecule has 1 aliphatic rings. The van der Waals surface area contributed by atoms with Crippen LogP contribution in [0.3, 0.4) is 0 Å². The molecule has 3 rings (SSSR count). The van der Waals surface area contributed by atoms with Gasteiger partial charge in [0.15, 0.2) is 0 Å². The van der Waals surface area contributed by atoms with Crippen molar-refractivity contribution in [1.82, 2.24) is 20.3 Å². The maximum absolute atomic E-state index is 11.1. The van der Waals surface area contributed by atoms with Crippen LogP contribution >= 0.6 is 0 Å². The number of aromatic nitrogens is 3. The first-order valence-electron chi connectivity index (χ1n) is 9.09. The minimum Gasteiger partial charge on any atom is -0.353 e. The molecule has 3 heterocycles. The maximum atomic E-state index is 11.1. The molecule has 0 aromatic carbocycles. The lowest BCUT2D eigenvalue weighted by molar-refractivity contribution is -0.119. The minimum atomic E-state index is -0.0245. The van der Waals surface area contributed by atoms with Crippen LogP contribution in [0, 0.1) is 6.92 Å². The molecule has 7 heteroatoms. The Labute approximate surface area is 154 Å². The maximum Gasteiger partial charge on any atom is 0.217 e. The van der Waals surface area contributed by atoms with Crippen LogP contribution in [0.1, 0.15) is 30.9 Å². The highest BCUT2D eigenvalue weighted by Gasteiger charge is 2.20. The van der Waals surface area contributed by atoms with E-state index in [1.165, 1.54) is 6.92 Å². The van der Waals surface area contributed by atoms with Gasteiger partial charge in [0, 0.05) is 57.6 Å². The van der Waals surface area contributed by atoms with Gasteiger partial charge < -0.3 is 15.1 Å². The van der Waals surface area contributed by atoms with Gasteiger partial charge >= 0.3 is 0 Å². The predicted molar refractivity (Wildman–Crippen MR) is 102 cm³/mol. The molecule has 2 aromatic heterocycles. The van der Waals surface area contributed by atoms with E-state index < -0.39 is 0 Å². The van der Waals surface area contributed by atoms with E-state index in [-0.39, 0.29) is 5.91 Å². The zero-order valence-corrected chi connectivity index (χ0v) is 15.7. The topological polar surface area (TPSA) is 74.2 Å². The van der Waals surface area contributed by atoms with E-state index >= 15 is 0 Å². The standard InChI is InChI=1S/C19H26N6O/c1-4-17-12-19(23-14(2)22-17)25-9-7-24(8-10-25)18-11-16(5-6-20-18)13-21-15(3)26/h5-6,11-12H,4,7-10,13H2,1-3H3,(H,21,26). The first-order valence-corrected chi connectivity index (χ1v) is 9.09. The fraction of sp³-hybridized carbons (Fsp3) is 0.474. The second-order valence-electron chi connectivity index (χ2n) is 6.52. The van der Waals surface area contributed by atoms with Gasteiger partial charge in [0.25, 0.3) is 0 Å². The molecule has 0 saturated carbocycles. The normalized spacial score (nSPS) is 14.4. The van der Waals surface area contributed by atoms with E-state index in [2.05, 4.69) is 49.1 Å². The van der Waals surface area contributed by atoms with E-state index in [1.807, 2.05) is 13.0 Å². The van der Waals surface area contributed by atoms with Crippen LogP contribution in [0.5, 0.6) is 0 Å². The molecule has 0 bridgehead atoms. The fourth-order valence-corrected chi connectivity index (χ4v) is 3.09. The summed E-state index contributed by atoms with van der Waals surface area (Å²) in [4.78, 5) is 29.2. The van der Waals surface area contributed by atoms with Gasteiger partial charge in [-0.2, -0.15) is 0 Å². The molecule has 0 spiro atoms. The van der Waals surface area contributed by atoms with E-state index in [1.54, 1.807) is 6.20 Å². The Balaban J connectivity index is 1.64. The number of nitrogens with one attached hydrogen (secondary N) is 1. The molecule has 26 heavy (non-hydrogen) atoms. The summed E-state index contributed by atoms with van der Waals surface area (Å²) < 4.78 is 0. The molecule has 0 radical (unpaired) electrons. The smallest absolute Gasteiger partial charge is 0.217 e. The number of piperazine rings is 1. The van der Waals surface area contributed by atoms with Crippen LogP contribution in [0.2, 0.25) is 0 Å². The van der Waals surface area contributed by atoms with E-state index in [0.29, 0.717) is 6.54 Å². The predicted octanol–water partition coefficient (Wildman–Crippen LogP) is 1.71. The van der Waals surface area contributed by atoms with Crippen molar-refractivity contribution in [2.24, 2.45) is 0 Å². The summed E-state index contributed by atoms with van der Waals surface area (Å²) in [6, 6.07) is 6.08. The summed E-state index contributed by atoms with van der Waals surface area (Å²) >= 11 is 0. The van der Waals surface area contributed by atoms with Crippen LogP contribution in [-0.4, -0.2) is 47.0 Å². The van der Waals surface area contributed by atoms with Crippen molar-refractivity contribution in [2.45, 2.75) is 33.7 Å². The van der Waals surface area contributed by atoms with Crippen molar-refractivity contribution in [3.63, 3.8) is 0 Å². The number of aryl methyl sites for hydroxylation is 2. The fourth-order valence-electron chi connectivity index (χ4n) is 3.09. The zero-order chi connectivity index (χ0) is 18.5. The number of nitrogens with zero attached hydrogens (tertiary/aromatic N) is 5. The third-order valence-corrected chi connectivity index (χ3v) is 4.52. The summed E-state index contributed by atoms with van der Waals surface area (Å²) in [6.07, 6.45) is 2.72. The Bertz CT molecular complexity index is 770. The molecule has 2 aromatic rings. The van der Waals surface area contributed by atoms with Crippen molar-refractivity contribution >= 4 is 17.5 Å². The highest BCUT2D eigenvalue weighted by Crippen LogP contribution is 2.19. The van der Waals surface area contributed by atoms with Gasteiger partial charge in [-0.25, -0.2) is 15.0 Å². The molecule has 0 atom stereocenters. The molecule has 1 aliphatic heterocycles. The van der Waals surface area contributed by atoms with E-state index in [9.17, 15) is 4.79 Å². The highest BCUT2D eigenvalue weighted by molar-refractivity contribution is 5.72. The Morgan fingerprint density at radius 1 is 1.12 bits per heavy atom. The summed E-state index contributed by atoms with van der Waals surface area (Å²) in [5.41, 5.74) is 2.15. The Morgan fingerprint density at radius 2 is 1.81 bits per heavy atom. The average molecular weight is 354 g/mol. The molecular weight excluding hydrogens is 328 g/mol. The third-order valence-electron chi connectivity index (χ3n) is 4.52. The van der Waals surface area contributed by atoms with Gasteiger partial charge in [0.2, 0.25) is 5.91 Å². The van der Waals surface area contributed by atoms with Crippen molar-refractivity contribution < 1.29 is 4.79 Å². The van der Waals surface area contributed by atoms with Crippen LogP contribution in [-0.2, 0) is 17.8 Å². The lowest BCUT2D eigenvalue weighted by Gasteiger charge is -2.36. The van der Waals surface area contributed by atoms with E-state index in [0.717, 1.165) is 61.3 Å². The monoisotopic (exact) mass is 354 g/mol.